The van der Waals surface area contributed by atoms with Crippen molar-refractivity contribution in [3.63, 3.8) is 0 Å². The van der Waals surface area contributed by atoms with Crippen molar-refractivity contribution >= 4 is 23.4 Å². The zero-order chi connectivity index (χ0) is 9.68. The Balaban J connectivity index is 2.64. The van der Waals surface area contributed by atoms with E-state index in [1.807, 2.05) is 6.26 Å². The Hall–Kier alpha value is -0.250. The van der Waals surface area contributed by atoms with Crippen molar-refractivity contribution in [3.05, 3.63) is 34.6 Å². The van der Waals surface area contributed by atoms with Crippen LogP contribution >= 0.6 is 23.4 Å². The van der Waals surface area contributed by atoms with E-state index >= 15 is 0 Å². The minimum absolute atomic E-state index is 0.249. The highest BCUT2D eigenvalue weighted by Crippen LogP contribution is 2.18. The largest absolute Gasteiger partial charge is 0.304 e. The van der Waals surface area contributed by atoms with Crippen molar-refractivity contribution in [2.45, 2.75) is 6.54 Å². The molecule has 1 rings (SSSR count). The van der Waals surface area contributed by atoms with Crippen molar-refractivity contribution in [2.75, 3.05) is 12.1 Å². The molecule has 0 spiro atoms. The molecule has 4 heteroatoms. The highest BCUT2D eigenvalue weighted by atomic mass is 35.5. The summed E-state index contributed by atoms with van der Waals surface area (Å²) < 4.78 is 13.1. The molecule has 0 saturated heterocycles. The van der Waals surface area contributed by atoms with Crippen LogP contribution in [0, 0.1) is 5.82 Å². The first-order valence-electron chi connectivity index (χ1n) is 3.88. The SMILES string of the molecule is CSCNCc1c(F)cccc1Cl. The van der Waals surface area contributed by atoms with Gasteiger partial charge < -0.3 is 5.32 Å². The molecular weight excluding hydrogens is 209 g/mol. The van der Waals surface area contributed by atoms with Crippen LogP contribution in [0.3, 0.4) is 0 Å². The Morgan fingerprint density at radius 3 is 2.92 bits per heavy atom. The number of rotatable bonds is 4. The fraction of sp³-hybridized carbons (Fsp3) is 0.333. The van der Waals surface area contributed by atoms with Gasteiger partial charge in [-0.15, -0.1) is 11.8 Å². The molecule has 0 aliphatic rings. The zero-order valence-corrected chi connectivity index (χ0v) is 8.88. The fourth-order valence-corrected chi connectivity index (χ4v) is 1.52. The topological polar surface area (TPSA) is 12.0 Å². The van der Waals surface area contributed by atoms with E-state index in [0.717, 1.165) is 5.88 Å². The van der Waals surface area contributed by atoms with E-state index < -0.39 is 0 Å². The van der Waals surface area contributed by atoms with E-state index in [0.29, 0.717) is 17.1 Å². The Bertz CT molecular complexity index is 260. The van der Waals surface area contributed by atoms with Crippen molar-refractivity contribution in [1.29, 1.82) is 0 Å². The van der Waals surface area contributed by atoms with E-state index in [4.69, 9.17) is 11.6 Å². The van der Waals surface area contributed by atoms with Gasteiger partial charge in [0.05, 0.1) is 0 Å². The van der Waals surface area contributed by atoms with Crippen LogP contribution in [0.15, 0.2) is 18.2 Å². The lowest BCUT2D eigenvalue weighted by molar-refractivity contribution is 0.599. The minimum atomic E-state index is -0.249. The van der Waals surface area contributed by atoms with Gasteiger partial charge in [0, 0.05) is 23.0 Å². The first-order valence-corrected chi connectivity index (χ1v) is 5.65. The van der Waals surface area contributed by atoms with E-state index in [1.54, 1.807) is 23.9 Å². The van der Waals surface area contributed by atoms with Gasteiger partial charge in [0.25, 0.3) is 0 Å². The predicted molar refractivity (Wildman–Crippen MR) is 56.6 cm³/mol. The van der Waals surface area contributed by atoms with Crippen LogP contribution in [0.4, 0.5) is 4.39 Å². The number of hydrogen-bond donors (Lipinski definition) is 1. The second-order valence-corrected chi connectivity index (χ2v) is 3.83. The van der Waals surface area contributed by atoms with Gasteiger partial charge in [-0.3, -0.25) is 0 Å². The molecule has 0 radical (unpaired) electrons. The van der Waals surface area contributed by atoms with Gasteiger partial charge in [0.2, 0.25) is 0 Å². The first kappa shape index (κ1) is 10.8. The van der Waals surface area contributed by atoms with Crippen LogP contribution in [-0.2, 0) is 6.54 Å². The maximum atomic E-state index is 13.1. The third-order valence-corrected chi connectivity index (χ3v) is 2.46. The monoisotopic (exact) mass is 219 g/mol. The first-order chi connectivity index (χ1) is 6.25. The number of hydrogen-bond acceptors (Lipinski definition) is 2. The third kappa shape index (κ3) is 3.18. The van der Waals surface area contributed by atoms with Crippen LogP contribution in [0.1, 0.15) is 5.56 Å². The summed E-state index contributed by atoms with van der Waals surface area (Å²) in [6.07, 6.45) is 1.98. The molecule has 0 atom stereocenters. The smallest absolute Gasteiger partial charge is 0.129 e. The fourth-order valence-electron chi connectivity index (χ4n) is 0.979. The molecule has 0 heterocycles. The molecule has 1 N–H and O–H groups in total. The normalized spacial score (nSPS) is 10.4. The zero-order valence-electron chi connectivity index (χ0n) is 7.31. The van der Waals surface area contributed by atoms with Gasteiger partial charge in [-0.1, -0.05) is 17.7 Å². The van der Waals surface area contributed by atoms with Gasteiger partial charge >= 0.3 is 0 Å². The van der Waals surface area contributed by atoms with Crippen LogP contribution in [-0.4, -0.2) is 12.1 Å². The quantitative estimate of drug-likeness (QED) is 0.618. The maximum absolute atomic E-state index is 13.1. The molecule has 0 aliphatic heterocycles. The Morgan fingerprint density at radius 1 is 1.54 bits per heavy atom. The van der Waals surface area contributed by atoms with Crippen LogP contribution in [0.5, 0.6) is 0 Å². The predicted octanol–water partition coefficient (Wildman–Crippen LogP) is 2.89. The molecule has 1 aromatic rings. The number of thioether (sulfide) groups is 1. The summed E-state index contributed by atoms with van der Waals surface area (Å²) >= 11 is 7.48. The molecule has 1 aromatic carbocycles. The summed E-state index contributed by atoms with van der Waals surface area (Å²) in [5.74, 6) is 0.547. The second-order valence-electron chi connectivity index (χ2n) is 2.56. The molecule has 0 bridgehead atoms. The average Bonchev–Trinajstić information content (AvgIpc) is 2.10. The third-order valence-electron chi connectivity index (χ3n) is 1.61. The highest BCUT2D eigenvalue weighted by molar-refractivity contribution is 7.98. The lowest BCUT2D eigenvalue weighted by atomic mass is 10.2. The Morgan fingerprint density at radius 2 is 2.31 bits per heavy atom. The standard InChI is InChI=1S/C9H11ClFNS/c1-13-6-12-5-7-8(10)3-2-4-9(7)11/h2-4,12H,5-6H2,1H3. The van der Waals surface area contributed by atoms with Crippen molar-refractivity contribution < 1.29 is 4.39 Å². The van der Waals surface area contributed by atoms with Crippen LogP contribution < -0.4 is 5.32 Å². The summed E-state index contributed by atoms with van der Waals surface area (Å²) in [4.78, 5) is 0. The van der Waals surface area contributed by atoms with E-state index in [1.165, 1.54) is 6.07 Å². The van der Waals surface area contributed by atoms with Gasteiger partial charge in [-0.25, -0.2) is 4.39 Å². The molecular formula is C9H11ClFNS. The van der Waals surface area contributed by atoms with Gasteiger partial charge in [0.15, 0.2) is 0 Å². The molecule has 0 amide bonds. The van der Waals surface area contributed by atoms with E-state index in [-0.39, 0.29) is 5.82 Å². The van der Waals surface area contributed by atoms with Gasteiger partial charge in [-0.2, -0.15) is 0 Å². The molecule has 13 heavy (non-hydrogen) atoms. The Labute approximate surface area is 86.7 Å². The molecule has 0 aliphatic carbocycles. The maximum Gasteiger partial charge on any atom is 0.129 e. The summed E-state index contributed by atoms with van der Waals surface area (Å²) in [6.45, 7) is 0.479. The molecule has 0 aromatic heterocycles. The molecule has 1 nitrogen and oxygen atoms in total. The molecule has 72 valence electrons. The van der Waals surface area contributed by atoms with E-state index in [2.05, 4.69) is 5.32 Å². The minimum Gasteiger partial charge on any atom is -0.304 e. The number of benzene rings is 1. The van der Waals surface area contributed by atoms with Crippen molar-refractivity contribution in [3.8, 4) is 0 Å². The number of nitrogens with one attached hydrogen (secondary N) is 1. The summed E-state index contributed by atoms with van der Waals surface area (Å²) in [5, 5.41) is 3.55. The van der Waals surface area contributed by atoms with Crippen molar-refractivity contribution in [1.82, 2.24) is 5.32 Å². The van der Waals surface area contributed by atoms with E-state index in [9.17, 15) is 4.39 Å². The highest BCUT2D eigenvalue weighted by Gasteiger charge is 2.04. The lowest BCUT2D eigenvalue weighted by Gasteiger charge is -2.06. The summed E-state index contributed by atoms with van der Waals surface area (Å²) in [7, 11) is 0. The molecule has 0 fully saturated rings. The second kappa shape index (κ2) is 5.47. The van der Waals surface area contributed by atoms with Crippen molar-refractivity contribution in [2.24, 2.45) is 0 Å². The summed E-state index contributed by atoms with van der Waals surface area (Å²) in [6, 6.07) is 4.72. The van der Waals surface area contributed by atoms with Gasteiger partial charge in [-0.05, 0) is 18.4 Å². The molecule has 0 saturated carbocycles. The average molecular weight is 220 g/mol. The van der Waals surface area contributed by atoms with Gasteiger partial charge in [0.1, 0.15) is 5.82 Å². The Kier molecular flexibility index (Phi) is 4.56. The molecule has 0 unspecified atom stereocenters. The number of halogens is 2. The summed E-state index contributed by atoms with van der Waals surface area (Å²) in [5.41, 5.74) is 0.540. The lowest BCUT2D eigenvalue weighted by Crippen LogP contribution is -2.13. The van der Waals surface area contributed by atoms with Crippen LogP contribution in [0.2, 0.25) is 5.02 Å². The van der Waals surface area contributed by atoms with Crippen LogP contribution in [0.25, 0.3) is 0 Å².